The SMILES string of the molecule is O=C(Nc1cccc(Cl)n1)c1ccc(C(F)(F)F)nc1. The first-order valence-electron chi connectivity index (χ1n) is 5.33. The molecular formula is C12H7ClF3N3O. The molecule has 0 aromatic carbocycles. The Balaban J connectivity index is 2.14. The second kappa shape index (κ2) is 5.46. The summed E-state index contributed by atoms with van der Waals surface area (Å²) < 4.78 is 37.0. The Kier molecular flexibility index (Phi) is 3.89. The molecule has 2 rings (SSSR count). The van der Waals surface area contributed by atoms with Crippen molar-refractivity contribution in [3.05, 3.63) is 52.9 Å². The molecule has 20 heavy (non-hydrogen) atoms. The van der Waals surface area contributed by atoms with Crippen molar-refractivity contribution >= 4 is 23.3 Å². The monoisotopic (exact) mass is 301 g/mol. The third-order valence-electron chi connectivity index (χ3n) is 2.27. The van der Waals surface area contributed by atoms with Crippen molar-refractivity contribution < 1.29 is 18.0 Å². The molecule has 4 nitrogen and oxygen atoms in total. The zero-order valence-electron chi connectivity index (χ0n) is 9.78. The van der Waals surface area contributed by atoms with E-state index in [9.17, 15) is 18.0 Å². The van der Waals surface area contributed by atoms with Crippen LogP contribution in [0.1, 0.15) is 16.1 Å². The summed E-state index contributed by atoms with van der Waals surface area (Å²) >= 11 is 5.65. The van der Waals surface area contributed by atoms with Gasteiger partial charge in [0.05, 0.1) is 5.56 Å². The van der Waals surface area contributed by atoms with Gasteiger partial charge in [0, 0.05) is 6.20 Å². The lowest BCUT2D eigenvalue weighted by molar-refractivity contribution is -0.141. The van der Waals surface area contributed by atoms with Crippen LogP contribution in [-0.4, -0.2) is 15.9 Å². The van der Waals surface area contributed by atoms with Crippen LogP contribution in [0.15, 0.2) is 36.5 Å². The number of nitrogens with zero attached hydrogens (tertiary/aromatic N) is 2. The van der Waals surface area contributed by atoms with Crippen LogP contribution < -0.4 is 5.32 Å². The maximum atomic E-state index is 12.3. The molecule has 0 aliphatic rings. The van der Waals surface area contributed by atoms with Gasteiger partial charge in [0.1, 0.15) is 16.7 Å². The van der Waals surface area contributed by atoms with Crippen LogP contribution in [0.5, 0.6) is 0 Å². The van der Waals surface area contributed by atoms with Crippen molar-refractivity contribution in [3.8, 4) is 0 Å². The molecule has 0 aliphatic carbocycles. The molecule has 0 fully saturated rings. The van der Waals surface area contributed by atoms with Gasteiger partial charge < -0.3 is 5.32 Å². The Morgan fingerprint density at radius 1 is 1.20 bits per heavy atom. The van der Waals surface area contributed by atoms with E-state index in [1.165, 1.54) is 12.1 Å². The Morgan fingerprint density at radius 3 is 2.50 bits per heavy atom. The van der Waals surface area contributed by atoms with E-state index in [1.807, 2.05) is 0 Å². The minimum atomic E-state index is -4.54. The van der Waals surface area contributed by atoms with Crippen molar-refractivity contribution in [2.45, 2.75) is 6.18 Å². The van der Waals surface area contributed by atoms with E-state index in [0.29, 0.717) is 0 Å². The zero-order valence-corrected chi connectivity index (χ0v) is 10.5. The minimum Gasteiger partial charge on any atom is -0.306 e. The molecular weight excluding hydrogens is 295 g/mol. The summed E-state index contributed by atoms with van der Waals surface area (Å²) in [5.41, 5.74) is -1.07. The largest absolute Gasteiger partial charge is 0.433 e. The number of carbonyl (C=O) groups excluding carboxylic acids is 1. The summed E-state index contributed by atoms with van der Waals surface area (Å²) in [5.74, 6) is -0.427. The first-order valence-corrected chi connectivity index (χ1v) is 5.71. The van der Waals surface area contributed by atoms with Gasteiger partial charge in [0.2, 0.25) is 0 Å². The topological polar surface area (TPSA) is 54.9 Å². The summed E-state index contributed by atoms with van der Waals surface area (Å²) in [6, 6.07) is 6.38. The highest BCUT2D eigenvalue weighted by Crippen LogP contribution is 2.27. The highest BCUT2D eigenvalue weighted by Gasteiger charge is 2.32. The fraction of sp³-hybridized carbons (Fsp3) is 0.0833. The van der Waals surface area contributed by atoms with Crippen LogP contribution >= 0.6 is 11.6 Å². The molecule has 0 spiro atoms. The highest BCUT2D eigenvalue weighted by atomic mass is 35.5. The molecule has 8 heteroatoms. The van der Waals surface area contributed by atoms with Gasteiger partial charge in [-0.25, -0.2) is 4.98 Å². The van der Waals surface area contributed by atoms with Crippen molar-refractivity contribution in [2.75, 3.05) is 5.32 Å². The van der Waals surface area contributed by atoms with Gasteiger partial charge >= 0.3 is 6.18 Å². The molecule has 0 bridgehead atoms. The van der Waals surface area contributed by atoms with Crippen LogP contribution in [0.25, 0.3) is 0 Å². The smallest absolute Gasteiger partial charge is 0.306 e. The van der Waals surface area contributed by atoms with E-state index in [2.05, 4.69) is 15.3 Å². The Hall–Kier alpha value is -2.15. The minimum absolute atomic E-state index is 0.0141. The zero-order chi connectivity index (χ0) is 14.8. The maximum Gasteiger partial charge on any atom is 0.433 e. The van der Waals surface area contributed by atoms with Crippen LogP contribution in [0, 0.1) is 0 Å². The van der Waals surface area contributed by atoms with E-state index in [4.69, 9.17) is 11.6 Å². The number of amides is 1. The van der Waals surface area contributed by atoms with Crippen molar-refractivity contribution in [1.82, 2.24) is 9.97 Å². The predicted molar refractivity (Wildman–Crippen MR) is 66.4 cm³/mol. The molecule has 1 N–H and O–H groups in total. The average Bonchev–Trinajstić information content (AvgIpc) is 2.38. The van der Waals surface area contributed by atoms with E-state index in [1.54, 1.807) is 6.07 Å². The summed E-state index contributed by atoms with van der Waals surface area (Å²) in [6.45, 7) is 0. The molecule has 2 aromatic rings. The number of hydrogen-bond donors (Lipinski definition) is 1. The molecule has 1 amide bonds. The molecule has 0 unspecified atom stereocenters. The van der Waals surface area contributed by atoms with Gasteiger partial charge in [0.15, 0.2) is 0 Å². The normalized spacial score (nSPS) is 11.2. The number of nitrogens with one attached hydrogen (secondary N) is 1. The van der Waals surface area contributed by atoms with E-state index >= 15 is 0 Å². The number of rotatable bonds is 2. The fourth-order valence-corrected chi connectivity index (χ4v) is 1.53. The second-order valence-corrected chi connectivity index (χ2v) is 4.12. The lowest BCUT2D eigenvalue weighted by Gasteiger charge is -2.07. The Labute approximate surface area is 116 Å². The maximum absolute atomic E-state index is 12.3. The van der Waals surface area contributed by atoms with E-state index in [-0.39, 0.29) is 16.5 Å². The average molecular weight is 302 g/mol. The predicted octanol–water partition coefficient (Wildman–Crippen LogP) is 3.40. The van der Waals surface area contributed by atoms with Crippen molar-refractivity contribution in [1.29, 1.82) is 0 Å². The first kappa shape index (κ1) is 14.3. The van der Waals surface area contributed by atoms with Crippen molar-refractivity contribution in [3.63, 3.8) is 0 Å². The molecule has 0 atom stereocenters. The van der Waals surface area contributed by atoms with Crippen molar-refractivity contribution in [2.24, 2.45) is 0 Å². The highest BCUT2D eigenvalue weighted by molar-refractivity contribution is 6.29. The quantitative estimate of drug-likeness (QED) is 0.865. The third-order valence-corrected chi connectivity index (χ3v) is 2.48. The standard InChI is InChI=1S/C12H7ClF3N3O/c13-9-2-1-3-10(18-9)19-11(20)7-4-5-8(17-6-7)12(14,15)16/h1-6H,(H,18,19,20). The number of hydrogen-bond acceptors (Lipinski definition) is 3. The number of aromatic nitrogens is 2. The van der Waals surface area contributed by atoms with Gasteiger partial charge in [-0.1, -0.05) is 17.7 Å². The molecule has 0 saturated carbocycles. The van der Waals surface area contributed by atoms with Crippen LogP contribution in [0.4, 0.5) is 19.0 Å². The summed E-state index contributed by atoms with van der Waals surface area (Å²) in [5, 5.41) is 2.59. The molecule has 0 radical (unpaired) electrons. The van der Waals surface area contributed by atoms with Crippen LogP contribution in [-0.2, 0) is 6.18 Å². The fourth-order valence-electron chi connectivity index (χ4n) is 1.36. The Bertz CT molecular complexity index is 629. The number of anilines is 1. The van der Waals surface area contributed by atoms with Gasteiger partial charge in [-0.05, 0) is 24.3 Å². The number of halogens is 4. The van der Waals surface area contributed by atoms with E-state index in [0.717, 1.165) is 18.3 Å². The molecule has 0 aliphatic heterocycles. The van der Waals surface area contributed by atoms with Gasteiger partial charge in [-0.2, -0.15) is 13.2 Å². The Morgan fingerprint density at radius 2 is 1.95 bits per heavy atom. The number of carbonyl (C=O) groups is 1. The molecule has 2 heterocycles. The summed E-state index contributed by atoms with van der Waals surface area (Å²) in [6.07, 6.45) is -3.69. The lowest BCUT2D eigenvalue weighted by Crippen LogP contribution is -2.15. The number of pyridine rings is 2. The van der Waals surface area contributed by atoms with Gasteiger partial charge in [0.25, 0.3) is 5.91 Å². The van der Waals surface area contributed by atoms with Gasteiger partial charge in [-0.3, -0.25) is 9.78 Å². The van der Waals surface area contributed by atoms with Crippen LogP contribution in [0.3, 0.4) is 0 Å². The molecule has 0 saturated heterocycles. The first-order chi connectivity index (χ1) is 9.36. The van der Waals surface area contributed by atoms with Crippen LogP contribution in [0.2, 0.25) is 5.15 Å². The van der Waals surface area contributed by atoms with E-state index < -0.39 is 17.8 Å². The third kappa shape index (κ3) is 3.45. The summed E-state index contributed by atoms with van der Waals surface area (Å²) in [7, 11) is 0. The number of alkyl halides is 3. The second-order valence-electron chi connectivity index (χ2n) is 3.73. The lowest BCUT2D eigenvalue weighted by atomic mass is 10.2. The molecule has 104 valence electrons. The summed E-state index contributed by atoms with van der Waals surface area (Å²) in [4.78, 5) is 18.8. The van der Waals surface area contributed by atoms with Gasteiger partial charge in [-0.15, -0.1) is 0 Å². The molecule has 2 aromatic heterocycles.